The highest BCUT2D eigenvalue weighted by Gasteiger charge is 2.16. The summed E-state index contributed by atoms with van der Waals surface area (Å²) in [6, 6.07) is 3.00. The minimum Gasteiger partial charge on any atom is -0.467 e. The highest BCUT2D eigenvalue weighted by Crippen LogP contribution is 2.18. The zero-order valence-corrected chi connectivity index (χ0v) is 11.4. The Morgan fingerprint density at radius 3 is 3.00 bits per heavy atom. The van der Waals surface area contributed by atoms with Crippen molar-refractivity contribution in [1.82, 2.24) is 10.6 Å². The zero-order chi connectivity index (χ0) is 14.1. The molecule has 108 valence electrons. The van der Waals surface area contributed by atoms with Crippen LogP contribution in [0.5, 0.6) is 0 Å². The Labute approximate surface area is 113 Å². The van der Waals surface area contributed by atoms with Gasteiger partial charge in [0.25, 0.3) is 0 Å². The third kappa shape index (κ3) is 6.26. The van der Waals surface area contributed by atoms with E-state index in [2.05, 4.69) is 10.6 Å². The Balaban J connectivity index is 2.19. The lowest BCUT2D eigenvalue weighted by atomic mass is 10.1. The van der Waals surface area contributed by atoms with Gasteiger partial charge in [-0.25, -0.2) is 4.79 Å². The van der Waals surface area contributed by atoms with Gasteiger partial charge in [0, 0.05) is 25.6 Å². The fraction of sp³-hybridized carbons (Fsp3) is 0.615. The number of furan rings is 1. The van der Waals surface area contributed by atoms with E-state index >= 15 is 0 Å². The van der Waals surface area contributed by atoms with E-state index in [1.807, 2.05) is 13.8 Å². The minimum absolute atomic E-state index is 0.160. The molecule has 1 aromatic heterocycles. The van der Waals surface area contributed by atoms with Crippen LogP contribution in [0.4, 0.5) is 4.79 Å². The van der Waals surface area contributed by atoms with Crippen molar-refractivity contribution in [2.45, 2.75) is 32.4 Å². The van der Waals surface area contributed by atoms with Gasteiger partial charge in [0.2, 0.25) is 0 Å². The fourth-order valence-electron chi connectivity index (χ4n) is 1.65. The standard InChI is InChI=1S/C13H22N2O4/c1-3-18-8-6-14-13(17)15-10(2)9-11(16)12-5-4-7-19-12/h4-5,7,10-11,16H,3,6,8-9H2,1-2H3,(H2,14,15,17). The Bertz CT molecular complexity index is 354. The Hall–Kier alpha value is -1.53. The molecular weight excluding hydrogens is 248 g/mol. The summed E-state index contributed by atoms with van der Waals surface area (Å²) in [6.07, 6.45) is 1.19. The molecule has 2 amide bonds. The van der Waals surface area contributed by atoms with Crippen molar-refractivity contribution >= 4 is 6.03 Å². The number of carbonyl (C=O) groups is 1. The van der Waals surface area contributed by atoms with Gasteiger partial charge in [-0.2, -0.15) is 0 Å². The lowest BCUT2D eigenvalue weighted by Gasteiger charge is -2.17. The molecule has 0 aliphatic rings. The molecule has 0 saturated heterocycles. The van der Waals surface area contributed by atoms with Crippen LogP contribution in [0.25, 0.3) is 0 Å². The summed E-state index contributed by atoms with van der Waals surface area (Å²) in [5, 5.41) is 15.3. The SMILES string of the molecule is CCOCCNC(=O)NC(C)CC(O)c1ccco1. The van der Waals surface area contributed by atoms with Crippen LogP contribution >= 0.6 is 0 Å². The quantitative estimate of drug-likeness (QED) is 0.624. The van der Waals surface area contributed by atoms with Crippen molar-refractivity contribution in [3.05, 3.63) is 24.2 Å². The maximum Gasteiger partial charge on any atom is 0.315 e. The number of hydrogen-bond donors (Lipinski definition) is 3. The molecule has 0 bridgehead atoms. The number of nitrogens with one attached hydrogen (secondary N) is 2. The maximum atomic E-state index is 11.5. The topological polar surface area (TPSA) is 83.7 Å². The first kappa shape index (κ1) is 15.5. The monoisotopic (exact) mass is 270 g/mol. The second-order valence-corrected chi connectivity index (χ2v) is 4.27. The van der Waals surface area contributed by atoms with E-state index in [-0.39, 0.29) is 12.1 Å². The van der Waals surface area contributed by atoms with E-state index in [4.69, 9.17) is 9.15 Å². The second-order valence-electron chi connectivity index (χ2n) is 4.27. The summed E-state index contributed by atoms with van der Waals surface area (Å²) in [4.78, 5) is 11.5. The van der Waals surface area contributed by atoms with Crippen molar-refractivity contribution in [1.29, 1.82) is 0 Å². The van der Waals surface area contributed by atoms with Gasteiger partial charge in [-0.15, -0.1) is 0 Å². The van der Waals surface area contributed by atoms with Gasteiger partial charge in [-0.1, -0.05) is 0 Å². The van der Waals surface area contributed by atoms with Gasteiger partial charge in [0.05, 0.1) is 12.9 Å². The molecule has 3 N–H and O–H groups in total. The summed E-state index contributed by atoms with van der Waals surface area (Å²) in [7, 11) is 0. The van der Waals surface area contributed by atoms with Crippen LogP contribution < -0.4 is 10.6 Å². The van der Waals surface area contributed by atoms with Crippen LogP contribution in [0, 0.1) is 0 Å². The van der Waals surface area contributed by atoms with Gasteiger partial charge in [-0.05, 0) is 26.0 Å². The highest BCUT2D eigenvalue weighted by atomic mass is 16.5. The largest absolute Gasteiger partial charge is 0.467 e. The summed E-state index contributed by atoms with van der Waals surface area (Å²) in [6.45, 7) is 5.32. The van der Waals surface area contributed by atoms with E-state index in [0.717, 1.165) is 0 Å². The number of urea groups is 1. The first-order chi connectivity index (χ1) is 9.13. The molecule has 0 radical (unpaired) electrons. The van der Waals surface area contributed by atoms with E-state index in [9.17, 15) is 9.90 Å². The normalized spacial score (nSPS) is 13.8. The predicted molar refractivity (Wildman–Crippen MR) is 70.8 cm³/mol. The number of aliphatic hydroxyl groups excluding tert-OH is 1. The molecule has 6 nitrogen and oxygen atoms in total. The van der Waals surface area contributed by atoms with Gasteiger partial charge < -0.3 is 24.9 Å². The average molecular weight is 270 g/mol. The van der Waals surface area contributed by atoms with Gasteiger partial charge in [-0.3, -0.25) is 0 Å². The van der Waals surface area contributed by atoms with E-state index in [0.29, 0.717) is 31.9 Å². The molecule has 6 heteroatoms. The van der Waals surface area contributed by atoms with Crippen LogP contribution in [0.3, 0.4) is 0 Å². The minimum atomic E-state index is -0.714. The van der Waals surface area contributed by atoms with Crippen molar-refractivity contribution in [2.24, 2.45) is 0 Å². The van der Waals surface area contributed by atoms with Crippen molar-refractivity contribution in [3.8, 4) is 0 Å². The molecule has 1 aromatic rings. The maximum absolute atomic E-state index is 11.5. The van der Waals surface area contributed by atoms with Crippen LogP contribution in [0.15, 0.2) is 22.8 Å². The number of aliphatic hydroxyl groups is 1. The molecule has 1 heterocycles. The lowest BCUT2D eigenvalue weighted by molar-refractivity contribution is 0.129. The summed E-state index contributed by atoms with van der Waals surface area (Å²) < 4.78 is 10.2. The number of ether oxygens (including phenoxy) is 1. The average Bonchev–Trinajstić information content (AvgIpc) is 2.88. The predicted octanol–water partition coefficient (Wildman–Crippen LogP) is 1.43. The number of carbonyl (C=O) groups excluding carboxylic acids is 1. The van der Waals surface area contributed by atoms with Crippen molar-refractivity contribution < 1.29 is 19.1 Å². The molecule has 0 saturated carbocycles. The Morgan fingerprint density at radius 1 is 1.58 bits per heavy atom. The summed E-state index contributed by atoms with van der Waals surface area (Å²) in [5.74, 6) is 0.505. The Kier molecular flexibility index (Phi) is 6.99. The first-order valence-electron chi connectivity index (χ1n) is 6.47. The lowest BCUT2D eigenvalue weighted by Crippen LogP contribution is -2.42. The summed E-state index contributed by atoms with van der Waals surface area (Å²) >= 11 is 0. The number of hydrogen-bond acceptors (Lipinski definition) is 4. The van der Waals surface area contributed by atoms with Crippen LogP contribution in [0.1, 0.15) is 32.1 Å². The molecule has 1 rings (SSSR count). The third-order valence-electron chi connectivity index (χ3n) is 2.56. The van der Waals surface area contributed by atoms with Crippen LogP contribution in [-0.2, 0) is 4.74 Å². The highest BCUT2D eigenvalue weighted by molar-refractivity contribution is 5.74. The third-order valence-corrected chi connectivity index (χ3v) is 2.56. The molecule has 0 aliphatic carbocycles. The molecule has 2 atom stereocenters. The van der Waals surface area contributed by atoms with Gasteiger partial charge in [0.15, 0.2) is 0 Å². The zero-order valence-electron chi connectivity index (χ0n) is 11.4. The fourth-order valence-corrected chi connectivity index (χ4v) is 1.65. The van der Waals surface area contributed by atoms with Crippen molar-refractivity contribution in [3.63, 3.8) is 0 Å². The van der Waals surface area contributed by atoms with E-state index in [1.54, 1.807) is 12.1 Å². The smallest absolute Gasteiger partial charge is 0.315 e. The summed E-state index contributed by atoms with van der Waals surface area (Å²) in [5.41, 5.74) is 0. The number of rotatable bonds is 8. The van der Waals surface area contributed by atoms with E-state index in [1.165, 1.54) is 6.26 Å². The molecule has 0 aromatic carbocycles. The first-order valence-corrected chi connectivity index (χ1v) is 6.47. The molecular formula is C13H22N2O4. The molecule has 0 aliphatic heterocycles. The van der Waals surface area contributed by atoms with E-state index < -0.39 is 6.10 Å². The molecule has 0 fully saturated rings. The van der Waals surface area contributed by atoms with Crippen LogP contribution in [0.2, 0.25) is 0 Å². The Morgan fingerprint density at radius 2 is 2.37 bits per heavy atom. The number of amides is 2. The molecule has 2 unspecified atom stereocenters. The second kappa shape index (κ2) is 8.55. The molecule has 0 spiro atoms. The van der Waals surface area contributed by atoms with Gasteiger partial charge >= 0.3 is 6.03 Å². The van der Waals surface area contributed by atoms with Gasteiger partial charge in [0.1, 0.15) is 11.9 Å². The molecule has 19 heavy (non-hydrogen) atoms. The van der Waals surface area contributed by atoms with Crippen LogP contribution in [-0.4, -0.2) is 36.9 Å². The van der Waals surface area contributed by atoms with Crippen molar-refractivity contribution in [2.75, 3.05) is 19.8 Å².